The van der Waals surface area contributed by atoms with Crippen molar-refractivity contribution in [3.8, 4) is 0 Å². The number of aromatic nitrogens is 2. The van der Waals surface area contributed by atoms with Crippen molar-refractivity contribution in [1.82, 2.24) is 3.98 Å². The number of hydrogen-bond acceptors (Lipinski definition) is 1. The molecule has 8 heavy (non-hydrogen) atoms. The van der Waals surface area contributed by atoms with E-state index in [0.29, 0.717) is 14.7 Å². The zero-order valence-corrected chi connectivity index (χ0v) is 7.02. The van der Waals surface area contributed by atoms with Gasteiger partial charge in [-0.25, -0.2) is 0 Å². The molecule has 0 saturated carbocycles. The fourth-order valence-electron chi connectivity index (χ4n) is 0.482. The first-order chi connectivity index (χ1) is 3.72. The molecule has 2 nitrogen and oxygen atoms in total. The molecule has 3 heteroatoms. The first-order valence-corrected chi connectivity index (χ1v) is 4.13. The van der Waals surface area contributed by atoms with Crippen LogP contribution in [0.5, 0.6) is 0 Å². The molecule has 0 aliphatic carbocycles. The van der Waals surface area contributed by atoms with Crippen molar-refractivity contribution in [3.63, 3.8) is 0 Å². The van der Waals surface area contributed by atoms with Gasteiger partial charge in [0.1, 0.15) is 0 Å². The van der Waals surface area contributed by atoms with Gasteiger partial charge in [-0.15, -0.1) is 0 Å². The van der Waals surface area contributed by atoms with E-state index in [2.05, 4.69) is 22.5 Å². The summed E-state index contributed by atoms with van der Waals surface area (Å²) in [5, 5.41) is 0. The second-order valence-electron chi connectivity index (χ2n) is 1.81. The summed E-state index contributed by atoms with van der Waals surface area (Å²) in [5.41, 5.74) is 0. The molecule has 0 aromatic carbocycles. The Hall–Kier alpha value is -0.141. The van der Waals surface area contributed by atoms with E-state index in [4.69, 9.17) is 0 Å². The number of hydrogen-bond donors (Lipinski definition) is 0. The molecule has 1 aromatic rings. The molecule has 1 heterocycles. The predicted molar refractivity (Wildman–Crippen MR) is 31.8 cm³/mol. The summed E-state index contributed by atoms with van der Waals surface area (Å²) < 4.78 is 7.80. The average Bonchev–Trinajstić information content (AvgIpc) is 1.98. The summed E-state index contributed by atoms with van der Waals surface area (Å²) in [5.74, 6) is 1.16. The molecule has 0 bridgehead atoms. The van der Waals surface area contributed by atoms with Crippen LogP contribution in [0.4, 0.5) is 0 Å². The van der Waals surface area contributed by atoms with E-state index in [9.17, 15) is 0 Å². The quantitative estimate of drug-likeness (QED) is 0.387. The Balaban J connectivity index is 3.19. The molecule has 0 spiro atoms. The molecule has 0 fully saturated rings. The van der Waals surface area contributed by atoms with Crippen molar-refractivity contribution in [2.45, 2.75) is 13.8 Å². The van der Waals surface area contributed by atoms with Crippen molar-refractivity contribution in [1.29, 1.82) is 0 Å². The molecular formula is C5H9N2Se+. The molecule has 0 saturated heterocycles. The fraction of sp³-hybridized carbons (Fsp3) is 0.600. The van der Waals surface area contributed by atoms with E-state index < -0.39 is 0 Å². The molecular weight excluding hydrogens is 167 g/mol. The van der Waals surface area contributed by atoms with Crippen LogP contribution >= 0.6 is 0 Å². The molecule has 0 aliphatic heterocycles. The SMILES string of the molecule is Cc1n[se]c(C)[n+]1C. The van der Waals surface area contributed by atoms with E-state index in [0.717, 1.165) is 5.82 Å². The van der Waals surface area contributed by atoms with Gasteiger partial charge in [-0.3, -0.25) is 0 Å². The van der Waals surface area contributed by atoms with Gasteiger partial charge in [0, 0.05) is 0 Å². The van der Waals surface area contributed by atoms with E-state index in [-0.39, 0.29) is 0 Å². The first kappa shape index (κ1) is 5.99. The van der Waals surface area contributed by atoms with Gasteiger partial charge in [-0.05, 0) is 0 Å². The Labute approximate surface area is 55.2 Å². The van der Waals surface area contributed by atoms with Gasteiger partial charge in [-0.1, -0.05) is 0 Å². The molecule has 0 atom stereocenters. The topological polar surface area (TPSA) is 16.8 Å². The third kappa shape index (κ3) is 0.837. The Morgan fingerprint density at radius 1 is 1.50 bits per heavy atom. The summed E-state index contributed by atoms with van der Waals surface area (Å²) in [7, 11) is 2.06. The third-order valence-corrected chi connectivity index (χ3v) is 3.14. The molecule has 0 amide bonds. The Morgan fingerprint density at radius 3 is 2.25 bits per heavy atom. The summed E-state index contributed by atoms with van der Waals surface area (Å²) in [4.78, 5) is 0. The third-order valence-electron chi connectivity index (χ3n) is 1.27. The van der Waals surface area contributed by atoms with Gasteiger partial charge in [0.25, 0.3) is 0 Å². The van der Waals surface area contributed by atoms with Crippen LogP contribution in [0.1, 0.15) is 10.4 Å². The monoisotopic (exact) mass is 177 g/mol. The first-order valence-electron chi connectivity index (χ1n) is 2.50. The van der Waals surface area contributed by atoms with Crippen LogP contribution in [-0.4, -0.2) is 18.7 Å². The number of rotatable bonds is 0. The van der Waals surface area contributed by atoms with E-state index >= 15 is 0 Å². The average molecular weight is 176 g/mol. The zero-order valence-electron chi connectivity index (χ0n) is 5.30. The molecule has 0 unspecified atom stereocenters. The minimum absolute atomic E-state index is 0.402. The van der Waals surface area contributed by atoms with Crippen molar-refractivity contribution in [2.75, 3.05) is 0 Å². The Morgan fingerprint density at radius 2 is 2.12 bits per heavy atom. The van der Waals surface area contributed by atoms with Gasteiger partial charge < -0.3 is 0 Å². The van der Waals surface area contributed by atoms with Gasteiger partial charge in [0.2, 0.25) is 0 Å². The zero-order chi connectivity index (χ0) is 6.15. The van der Waals surface area contributed by atoms with Crippen LogP contribution in [0.15, 0.2) is 0 Å². The summed E-state index contributed by atoms with van der Waals surface area (Å²) in [6.07, 6.45) is 0. The molecule has 44 valence electrons. The normalized spacial score (nSPS) is 9.88. The van der Waals surface area contributed by atoms with Gasteiger partial charge in [-0.2, -0.15) is 0 Å². The molecule has 0 N–H and O–H groups in total. The fourth-order valence-corrected chi connectivity index (χ4v) is 1.83. The predicted octanol–water partition coefficient (Wildman–Crippen LogP) is -0.420. The molecule has 1 aromatic heterocycles. The number of nitrogens with zero attached hydrogens (tertiary/aromatic N) is 2. The van der Waals surface area contributed by atoms with Gasteiger partial charge >= 0.3 is 54.6 Å². The van der Waals surface area contributed by atoms with Crippen molar-refractivity contribution in [2.24, 2.45) is 7.05 Å². The van der Waals surface area contributed by atoms with Crippen molar-refractivity contribution < 1.29 is 4.57 Å². The van der Waals surface area contributed by atoms with Crippen molar-refractivity contribution >= 4 is 14.7 Å². The van der Waals surface area contributed by atoms with Crippen LogP contribution in [0.3, 0.4) is 0 Å². The summed E-state index contributed by atoms with van der Waals surface area (Å²) >= 11 is 0.402. The standard InChI is InChI=1S/C5H9N2Se/c1-4-6-8-5(2)7(4)3/h1-3H3/q+1. The summed E-state index contributed by atoms with van der Waals surface area (Å²) in [6.45, 7) is 4.16. The van der Waals surface area contributed by atoms with Crippen LogP contribution in [0, 0.1) is 13.8 Å². The van der Waals surface area contributed by atoms with Crippen molar-refractivity contribution in [3.05, 3.63) is 10.4 Å². The van der Waals surface area contributed by atoms with Gasteiger partial charge in [0.05, 0.1) is 0 Å². The maximum atomic E-state index is 4.27. The van der Waals surface area contributed by atoms with Crippen LogP contribution in [0.25, 0.3) is 0 Å². The molecule has 0 radical (unpaired) electrons. The Kier molecular flexibility index (Phi) is 1.49. The minimum atomic E-state index is 0.402. The Bertz CT molecular complexity index is 173. The van der Waals surface area contributed by atoms with E-state index in [1.807, 2.05) is 6.92 Å². The molecule has 1 rings (SSSR count). The maximum absolute atomic E-state index is 4.27. The van der Waals surface area contributed by atoms with Crippen LogP contribution in [0.2, 0.25) is 0 Å². The molecule has 0 aliphatic rings. The second kappa shape index (κ2) is 2.00. The van der Waals surface area contributed by atoms with Crippen LogP contribution < -0.4 is 4.57 Å². The van der Waals surface area contributed by atoms with Gasteiger partial charge in [0.15, 0.2) is 0 Å². The van der Waals surface area contributed by atoms with E-state index in [1.54, 1.807) is 0 Å². The summed E-state index contributed by atoms with van der Waals surface area (Å²) in [6, 6.07) is 0. The second-order valence-corrected chi connectivity index (χ2v) is 3.81. The number of aryl methyl sites for hydroxylation is 2. The van der Waals surface area contributed by atoms with E-state index in [1.165, 1.54) is 4.57 Å². The van der Waals surface area contributed by atoms with Crippen LogP contribution in [-0.2, 0) is 7.05 Å².